The SMILES string of the molecule is CCCCCCCCCCCCOC(=O)Nc1nc(Cl)nc2c1ncn2[C@@H]1O[C@H](COP(=O)(O)CP(=O)(O)O)[C@H](O)C1O. The second-order valence-corrected chi connectivity index (χ2v) is 14.7. The number of aliphatic hydroxyl groups is 2. The quantitative estimate of drug-likeness (QED) is 0.0749. The third-order valence-corrected chi connectivity index (χ3v) is 10.4. The molecule has 0 bridgehead atoms. The van der Waals surface area contributed by atoms with Gasteiger partial charge in [0.1, 0.15) is 18.3 Å². The average molecular weight is 672 g/mol. The van der Waals surface area contributed by atoms with Gasteiger partial charge in [0.25, 0.3) is 0 Å². The molecular weight excluding hydrogens is 632 g/mol. The predicted molar refractivity (Wildman–Crippen MR) is 156 cm³/mol. The first-order chi connectivity index (χ1) is 20.3. The van der Waals surface area contributed by atoms with Crippen molar-refractivity contribution in [3.63, 3.8) is 0 Å². The van der Waals surface area contributed by atoms with Crippen molar-refractivity contribution < 1.29 is 52.8 Å². The lowest BCUT2D eigenvalue weighted by Gasteiger charge is -2.18. The number of nitrogens with zero attached hydrogens (tertiary/aromatic N) is 4. The lowest BCUT2D eigenvalue weighted by Crippen LogP contribution is -2.33. The Morgan fingerprint density at radius 1 is 1.02 bits per heavy atom. The Morgan fingerprint density at radius 3 is 2.28 bits per heavy atom. The Kier molecular flexibility index (Phi) is 13.8. The van der Waals surface area contributed by atoms with Gasteiger partial charge in [-0.25, -0.2) is 9.78 Å². The highest BCUT2D eigenvalue weighted by Crippen LogP contribution is 2.55. The standard InChI is InChI=1S/C24H40ClN5O11P2/c1-2-3-4-5-6-7-8-9-10-11-12-39-24(33)28-20-17-21(29-23(25)27-20)30(14-26-17)22-19(32)18(31)16(41-22)13-40-43(37,38)15-42(34,35)36/h14,16,18-19,22,31-32H,2-13,15H2,1H3,(H,37,38)(H2,34,35,36)(H,27,28,29,33)/t16-,18+,19?,22-/m1/s1. The number of imidazole rings is 1. The number of nitrogens with one attached hydrogen (secondary N) is 1. The number of anilines is 1. The van der Waals surface area contributed by atoms with Crippen LogP contribution in [0.1, 0.15) is 77.4 Å². The molecule has 3 rings (SSSR count). The van der Waals surface area contributed by atoms with Crippen LogP contribution in [0.25, 0.3) is 11.2 Å². The number of rotatable bonds is 18. The van der Waals surface area contributed by atoms with E-state index in [4.69, 9.17) is 35.4 Å². The second kappa shape index (κ2) is 16.6. The fourth-order valence-corrected chi connectivity index (χ4v) is 7.34. The zero-order valence-corrected chi connectivity index (χ0v) is 26.4. The first kappa shape index (κ1) is 35.8. The van der Waals surface area contributed by atoms with E-state index in [1.165, 1.54) is 49.4 Å². The summed E-state index contributed by atoms with van der Waals surface area (Å²) < 4.78 is 39.8. The Labute approximate surface area is 253 Å². The molecule has 1 aliphatic heterocycles. The second-order valence-electron chi connectivity index (χ2n) is 10.4. The fourth-order valence-electron chi connectivity index (χ4n) is 4.61. The molecule has 2 aromatic heterocycles. The zero-order chi connectivity index (χ0) is 31.6. The van der Waals surface area contributed by atoms with E-state index in [1.54, 1.807) is 0 Å². The van der Waals surface area contributed by atoms with Crippen LogP contribution in [-0.2, 0) is 23.1 Å². The van der Waals surface area contributed by atoms with Crippen LogP contribution < -0.4 is 5.32 Å². The minimum Gasteiger partial charge on any atom is -0.449 e. The molecule has 5 atom stereocenters. The largest absolute Gasteiger partial charge is 0.449 e. The molecule has 0 radical (unpaired) electrons. The number of carbonyl (C=O) groups excluding carboxylic acids is 1. The van der Waals surface area contributed by atoms with E-state index in [-0.39, 0.29) is 28.9 Å². The molecule has 43 heavy (non-hydrogen) atoms. The van der Waals surface area contributed by atoms with Crippen molar-refractivity contribution in [2.45, 2.75) is 95.7 Å². The molecule has 2 unspecified atom stereocenters. The molecule has 19 heteroatoms. The number of fused-ring (bicyclic) bond motifs is 1. The normalized spacial score (nSPS) is 22.1. The predicted octanol–water partition coefficient (Wildman–Crippen LogP) is 3.91. The van der Waals surface area contributed by atoms with Gasteiger partial charge in [0.15, 0.2) is 29.1 Å². The highest BCUT2D eigenvalue weighted by Gasteiger charge is 2.45. The summed E-state index contributed by atoms with van der Waals surface area (Å²) in [5, 5.41) is 23.2. The van der Waals surface area contributed by atoms with Gasteiger partial charge in [-0.2, -0.15) is 9.97 Å². The number of carbonyl (C=O) groups is 1. The Bertz CT molecular complexity index is 1300. The number of aromatic nitrogens is 4. The van der Waals surface area contributed by atoms with E-state index in [1.807, 2.05) is 0 Å². The van der Waals surface area contributed by atoms with Crippen LogP contribution in [-0.4, -0.2) is 87.9 Å². The monoisotopic (exact) mass is 671 g/mol. The summed E-state index contributed by atoms with van der Waals surface area (Å²) in [4.78, 5) is 52.2. The third kappa shape index (κ3) is 11.3. The van der Waals surface area contributed by atoms with Gasteiger partial charge in [0, 0.05) is 0 Å². The number of amides is 1. The van der Waals surface area contributed by atoms with Gasteiger partial charge >= 0.3 is 21.3 Å². The van der Waals surface area contributed by atoms with Crippen molar-refractivity contribution in [3.05, 3.63) is 11.6 Å². The van der Waals surface area contributed by atoms with Gasteiger partial charge in [0.2, 0.25) is 5.28 Å². The Morgan fingerprint density at radius 2 is 1.65 bits per heavy atom. The number of halogens is 1. The molecule has 1 saturated heterocycles. The van der Waals surface area contributed by atoms with Crippen molar-refractivity contribution in [2.24, 2.45) is 0 Å². The van der Waals surface area contributed by atoms with Crippen molar-refractivity contribution in [1.29, 1.82) is 0 Å². The lowest BCUT2D eigenvalue weighted by atomic mass is 10.1. The third-order valence-electron chi connectivity index (χ3n) is 6.76. The molecule has 1 amide bonds. The molecule has 16 nitrogen and oxygen atoms in total. The minimum atomic E-state index is -4.86. The van der Waals surface area contributed by atoms with Gasteiger partial charge in [-0.1, -0.05) is 64.7 Å². The van der Waals surface area contributed by atoms with Gasteiger partial charge in [-0.15, -0.1) is 0 Å². The fraction of sp³-hybridized carbons (Fsp3) is 0.750. The number of hydrogen-bond acceptors (Lipinski definition) is 11. The van der Waals surface area contributed by atoms with Gasteiger partial charge < -0.3 is 38.9 Å². The molecule has 2 aromatic rings. The molecule has 0 aromatic carbocycles. The molecular formula is C24H40ClN5O11P2. The average Bonchev–Trinajstić information content (AvgIpc) is 3.45. The van der Waals surface area contributed by atoms with E-state index < -0.39 is 58.3 Å². The van der Waals surface area contributed by atoms with Crippen LogP contribution in [0, 0.1) is 0 Å². The summed E-state index contributed by atoms with van der Waals surface area (Å²) in [7, 11) is -9.59. The molecule has 0 aliphatic carbocycles. The smallest absolute Gasteiger partial charge is 0.412 e. The summed E-state index contributed by atoms with van der Waals surface area (Å²) >= 11 is 6.06. The number of ether oxygens (including phenoxy) is 2. The highest BCUT2D eigenvalue weighted by molar-refractivity contribution is 7.70. The van der Waals surface area contributed by atoms with E-state index in [2.05, 4.69) is 27.2 Å². The maximum atomic E-state index is 12.4. The molecule has 0 saturated carbocycles. The van der Waals surface area contributed by atoms with E-state index in [0.717, 1.165) is 19.3 Å². The maximum absolute atomic E-state index is 12.4. The number of hydrogen-bond donors (Lipinski definition) is 6. The van der Waals surface area contributed by atoms with E-state index >= 15 is 0 Å². The lowest BCUT2D eigenvalue weighted by molar-refractivity contribution is -0.0483. The Balaban J connectivity index is 1.53. The van der Waals surface area contributed by atoms with Crippen LogP contribution >= 0.6 is 26.8 Å². The van der Waals surface area contributed by atoms with E-state index in [0.29, 0.717) is 6.42 Å². The zero-order valence-electron chi connectivity index (χ0n) is 23.8. The molecule has 3 heterocycles. The van der Waals surface area contributed by atoms with Crippen molar-refractivity contribution in [3.8, 4) is 0 Å². The minimum absolute atomic E-state index is 0.0251. The van der Waals surface area contributed by atoms with E-state index in [9.17, 15) is 29.0 Å². The van der Waals surface area contributed by atoms with Gasteiger partial charge in [-0.05, 0) is 18.0 Å². The topological polar surface area (TPSA) is 236 Å². The first-order valence-electron chi connectivity index (χ1n) is 14.2. The first-order valence-corrected chi connectivity index (χ1v) is 18.1. The molecule has 1 aliphatic rings. The van der Waals surface area contributed by atoms with Crippen LogP contribution in [0.4, 0.5) is 10.6 Å². The Hall–Kier alpha value is -1.71. The van der Waals surface area contributed by atoms with Crippen LogP contribution in [0.15, 0.2) is 6.33 Å². The number of unbranched alkanes of at least 4 members (excludes halogenated alkanes) is 9. The van der Waals surface area contributed by atoms with Crippen molar-refractivity contribution in [1.82, 2.24) is 19.5 Å². The summed E-state index contributed by atoms with van der Waals surface area (Å²) in [5.41, 5.74) is 0.101. The summed E-state index contributed by atoms with van der Waals surface area (Å²) in [6, 6.07) is 0. The molecule has 1 fully saturated rings. The summed E-state index contributed by atoms with van der Waals surface area (Å²) in [6.45, 7) is 1.66. The summed E-state index contributed by atoms with van der Waals surface area (Å²) in [5.74, 6) is -1.48. The summed E-state index contributed by atoms with van der Waals surface area (Å²) in [6.07, 6.45) is 5.98. The molecule has 6 N–H and O–H groups in total. The highest BCUT2D eigenvalue weighted by atomic mass is 35.5. The van der Waals surface area contributed by atoms with Crippen LogP contribution in [0.3, 0.4) is 0 Å². The molecule has 244 valence electrons. The molecule has 0 spiro atoms. The van der Waals surface area contributed by atoms with Gasteiger partial charge in [-0.3, -0.25) is 19.0 Å². The van der Waals surface area contributed by atoms with Crippen molar-refractivity contribution >= 4 is 49.9 Å². The van der Waals surface area contributed by atoms with Crippen LogP contribution in [0.2, 0.25) is 5.28 Å². The number of aliphatic hydroxyl groups excluding tert-OH is 2. The maximum Gasteiger partial charge on any atom is 0.412 e. The van der Waals surface area contributed by atoms with Gasteiger partial charge in [0.05, 0.1) is 19.5 Å². The van der Waals surface area contributed by atoms with Crippen molar-refractivity contribution in [2.75, 3.05) is 24.4 Å². The van der Waals surface area contributed by atoms with Crippen LogP contribution in [0.5, 0.6) is 0 Å².